The highest BCUT2D eigenvalue weighted by Gasteiger charge is 1.95. The molecule has 0 saturated carbocycles. The molecular formula is C36H68Cl2O3. The van der Waals surface area contributed by atoms with E-state index in [0.717, 1.165) is 50.7 Å². The van der Waals surface area contributed by atoms with Crippen molar-refractivity contribution in [2.75, 3.05) is 38.6 Å². The second-order valence-corrected chi connectivity index (χ2v) is 12.3. The Labute approximate surface area is 266 Å². The van der Waals surface area contributed by atoms with E-state index in [-0.39, 0.29) is 0 Å². The molecule has 0 fully saturated rings. The predicted molar refractivity (Wildman–Crippen MR) is 182 cm³/mol. The van der Waals surface area contributed by atoms with Crippen molar-refractivity contribution in [3.8, 4) is 0 Å². The molecule has 0 aliphatic rings. The van der Waals surface area contributed by atoms with E-state index >= 15 is 0 Å². The number of ether oxygens (including phenoxy) is 3. The van der Waals surface area contributed by atoms with E-state index in [0.29, 0.717) is 13.6 Å². The largest absolute Gasteiger partial charge is 0.355 e. The number of hydrogen-bond acceptors (Lipinski definition) is 3. The molecule has 0 aliphatic carbocycles. The van der Waals surface area contributed by atoms with Crippen LogP contribution in [0.5, 0.6) is 0 Å². The lowest BCUT2D eigenvalue weighted by atomic mass is 10.1. The van der Waals surface area contributed by atoms with E-state index < -0.39 is 0 Å². The summed E-state index contributed by atoms with van der Waals surface area (Å²) in [5, 5.41) is 0. The van der Waals surface area contributed by atoms with Gasteiger partial charge in [-0.1, -0.05) is 127 Å². The first-order valence-electron chi connectivity index (χ1n) is 17.6. The smallest absolute Gasteiger partial charge is 0.149 e. The summed E-state index contributed by atoms with van der Waals surface area (Å²) in [4.78, 5) is 0. The van der Waals surface area contributed by atoms with Gasteiger partial charge in [0, 0.05) is 25.0 Å². The number of unbranched alkanes of at least 4 members (excludes halogenated alkanes) is 22. The molecule has 0 atom stereocenters. The first-order valence-corrected chi connectivity index (χ1v) is 18.6. The molecule has 0 bridgehead atoms. The molecule has 0 spiro atoms. The third kappa shape index (κ3) is 39.9. The van der Waals surface area contributed by atoms with Gasteiger partial charge in [0.1, 0.15) is 13.6 Å². The third-order valence-electron chi connectivity index (χ3n) is 7.49. The van der Waals surface area contributed by atoms with Gasteiger partial charge >= 0.3 is 0 Å². The van der Waals surface area contributed by atoms with Gasteiger partial charge in [-0.2, -0.15) is 0 Å². The summed E-state index contributed by atoms with van der Waals surface area (Å²) < 4.78 is 16.5. The van der Waals surface area contributed by atoms with Crippen molar-refractivity contribution in [3.63, 3.8) is 0 Å². The molecule has 0 aliphatic heterocycles. The van der Waals surface area contributed by atoms with Crippen molar-refractivity contribution in [2.45, 2.75) is 167 Å². The summed E-state index contributed by atoms with van der Waals surface area (Å²) in [6.45, 7) is 2.14. The fourth-order valence-corrected chi connectivity index (χ4v) is 5.27. The second kappa shape index (κ2) is 39.9. The van der Waals surface area contributed by atoms with Crippen molar-refractivity contribution in [3.05, 3.63) is 24.3 Å². The highest BCUT2D eigenvalue weighted by Crippen LogP contribution is 2.13. The average molecular weight is 620 g/mol. The zero-order valence-electron chi connectivity index (χ0n) is 26.9. The molecule has 0 radical (unpaired) electrons. The van der Waals surface area contributed by atoms with E-state index in [1.165, 1.54) is 141 Å². The summed E-state index contributed by atoms with van der Waals surface area (Å²) in [5.41, 5.74) is 0. The van der Waals surface area contributed by atoms with Crippen LogP contribution in [0.15, 0.2) is 24.3 Å². The van der Waals surface area contributed by atoms with Crippen LogP contribution in [0, 0.1) is 0 Å². The Hall–Kier alpha value is -0.0600. The van der Waals surface area contributed by atoms with E-state index in [2.05, 4.69) is 24.3 Å². The Morgan fingerprint density at radius 1 is 0.293 bits per heavy atom. The van der Waals surface area contributed by atoms with Crippen molar-refractivity contribution >= 4 is 23.2 Å². The van der Waals surface area contributed by atoms with Crippen LogP contribution in [-0.4, -0.2) is 38.6 Å². The van der Waals surface area contributed by atoms with E-state index in [4.69, 9.17) is 37.4 Å². The molecule has 0 rings (SSSR count). The average Bonchev–Trinajstić information content (AvgIpc) is 2.98. The van der Waals surface area contributed by atoms with E-state index in [1.807, 2.05) is 0 Å². The fourth-order valence-electron chi connectivity index (χ4n) is 4.89. The predicted octanol–water partition coefficient (Wildman–Crippen LogP) is 12.7. The highest BCUT2D eigenvalue weighted by molar-refractivity contribution is 6.18. The third-order valence-corrected chi connectivity index (χ3v) is 8.03. The van der Waals surface area contributed by atoms with Crippen molar-refractivity contribution in [1.29, 1.82) is 0 Å². The van der Waals surface area contributed by atoms with Crippen LogP contribution in [0.1, 0.15) is 167 Å². The maximum absolute atomic E-state index is 5.71. The zero-order chi connectivity index (χ0) is 29.6. The molecule has 0 aromatic carbocycles. The summed E-state index contributed by atoms with van der Waals surface area (Å²) in [5.74, 6) is 1.65. The summed E-state index contributed by atoms with van der Waals surface area (Å²) in [6.07, 6.45) is 43.0. The van der Waals surface area contributed by atoms with Gasteiger partial charge in [0.2, 0.25) is 0 Å². The van der Waals surface area contributed by atoms with Gasteiger partial charge < -0.3 is 14.2 Å². The fraction of sp³-hybridized carbons (Fsp3) is 0.889. The Bertz CT molecular complexity index is 469. The SMILES string of the molecule is ClCCCCCCCCCCCCC=CCCCOCOCOCCCC=CCCCCCCCCCCCCCl. The van der Waals surface area contributed by atoms with Crippen molar-refractivity contribution in [2.24, 2.45) is 0 Å². The standard InChI is InChI=1S/C36H68Cl2O3/c37-31-27-23-19-15-11-7-3-1-5-9-13-17-21-25-29-33-39-35-41-36-40-34-30-26-22-18-14-10-6-2-4-8-12-16-20-24-28-32-38/h17-18,21-22H,1-16,19-20,23-36H2. The van der Waals surface area contributed by atoms with Gasteiger partial charge in [-0.3, -0.25) is 0 Å². The van der Waals surface area contributed by atoms with Crippen molar-refractivity contribution in [1.82, 2.24) is 0 Å². The summed E-state index contributed by atoms with van der Waals surface area (Å²) in [7, 11) is 0. The number of alkyl halides is 2. The van der Waals surface area contributed by atoms with Crippen LogP contribution in [0.3, 0.4) is 0 Å². The number of hydrogen-bond donors (Lipinski definition) is 0. The molecule has 0 heterocycles. The Balaban J connectivity index is 3.12. The summed E-state index contributed by atoms with van der Waals surface area (Å²) >= 11 is 11.4. The first-order chi connectivity index (χ1) is 20.4. The molecular weight excluding hydrogens is 551 g/mol. The van der Waals surface area contributed by atoms with Gasteiger partial charge in [0.05, 0.1) is 0 Å². The van der Waals surface area contributed by atoms with Crippen LogP contribution < -0.4 is 0 Å². The van der Waals surface area contributed by atoms with E-state index in [9.17, 15) is 0 Å². The van der Waals surface area contributed by atoms with Gasteiger partial charge in [0.25, 0.3) is 0 Å². The van der Waals surface area contributed by atoms with Crippen LogP contribution in [0.25, 0.3) is 0 Å². The quantitative estimate of drug-likeness (QED) is 0.0302. The summed E-state index contributed by atoms with van der Waals surface area (Å²) in [6, 6.07) is 0. The zero-order valence-corrected chi connectivity index (χ0v) is 28.4. The maximum Gasteiger partial charge on any atom is 0.149 e. The lowest BCUT2D eigenvalue weighted by Crippen LogP contribution is -2.06. The van der Waals surface area contributed by atoms with Crippen LogP contribution >= 0.6 is 23.2 Å². The van der Waals surface area contributed by atoms with Gasteiger partial charge in [-0.05, 0) is 64.2 Å². The Morgan fingerprint density at radius 3 is 0.878 bits per heavy atom. The first kappa shape index (κ1) is 40.9. The van der Waals surface area contributed by atoms with Crippen LogP contribution in [0.4, 0.5) is 0 Å². The lowest BCUT2D eigenvalue weighted by Gasteiger charge is -2.06. The molecule has 5 heteroatoms. The second-order valence-electron chi connectivity index (χ2n) is 11.5. The van der Waals surface area contributed by atoms with Crippen molar-refractivity contribution < 1.29 is 14.2 Å². The Morgan fingerprint density at radius 2 is 0.561 bits per heavy atom. The minimum absolute atomic E-state index is 0.325. The van der Waals surface area contributed by atoms with Gasteiger partial charge in [-0.25, -0.2) is 0 Å². The normalized spacial score (nSPS) is 12.0. The number of rotatable bonds is 36. The number of halogens is 2. The van der Waals surface area contributed by atoms with Crippen LogP contribution in [-0.2, 0) is 14.2 Å². The highest BCUT2D eigenvalue weighted by atomic mass is 35.5. The molecule has 0 unspecified atom stereocenters. The van der Waals surface area contributed by atoms with Gasteiger partial charge in [-0.15, -0.1) is 23.2 Å². The lowest BCUT2D eigenvalue weighted by molar-refractivity contribution is -0.131. The Kier molecular flexibility index (Phi) is 39.9. The molecule has 0 N–H and O–H groups in total. The molecule has 3 nitrogen and oxygen atoms in total. The molecule has 0 aromatic heterocycles. The van der Waals surface area contributed by atoms with Gasteiger partial charge in [0.15, 0.2) is 0 Å². The molecule has 0 amide bonds. The van der Waals surface area contributed by atoms with Crippen LogP contribution in [0.2, 0.25) is 0 Å². The maximum atomic E-state index is 5.71. The molecule has 0 aromatic rings. The molecule has 0 saturated heterocycles. The minimum Gasteiger partial charge on any atom is -0.355 e. The molecule has 41 heavy (non-hydrogen) atoms. The monoisotopic (exact) mass is 618 g/mol. The number of allylic oxidation sites excluding steroid dienone is 4. The minimum atomic E-state index is 0.325. The molecule has 244 valence electrons. The van der Waals surface area contributed by atoms with E-state index in [1.54, 1.807) is 0 Å². The topological polar surface area (TPSA) is 27.7 Å².